The Morgan fingerprint density at radius 2 is 2.45 bits per heavy atom. The van der Waals surface area contributed by atoms with Crippen molar-refractivity contribution < 1.29 is 14.1 Å². The largest absolute Gasteiger partial charge is 0.458 e. The smallest absolute Gasteiger partial charge is 0.360 e. The highest BCUT2D eigenvalue weighted by Crippen LogP contribution is 1.99. The van der Waals surface area contributed by atoms with Gasteiger partial charge in [-0.15, -0.1) is 0 Å². The van der Waals surface area contributed by atoms with Gasteiger partial charge in [0, 0.05) is 6.07 Å². The van der Waals surface area contributed by atoms with Gasteiger partial charge in [-0.1, -0.05) is 5.16 Å². The van der Waals surface area contributed by atoms with E-state index in [4.69, 9.17) is 4.74 Å². The summed E-state index contributed by atoms with van der Waals surface area (Å²) in [6.45, 7) is 3.55. The second-order valence-corrected chi connectivity index (χ2v) is 2.34. The van der Waals surface area contributed by atoms with Crippen LogP contribution in [0.25, 0.3) is 0 Å². The molecule has 0 radical (unpaired) electrons. The SMILES string of the molecule is CC(C)OC(=O)c1ccon1. The fraction of sp³-hybridized carbons (Fsp3) is 0.429. The molecular formula is C7H9NO3. The molecule has 1 aromatic heterocycles. The molecule has 0 N–H and O–H groups in total. The molecule has 0 aromatic carbocycles. The average molecular weight is 155 g/mol. The van der Waals surface area contributed by atoms with E-state index in [1.807, 2.05) is 0 Å². The molecule has 0 spiro atoms. The Kier molecular flexibility index (Phi) is 2.25. The fourth-order valence-electron chi connectivity index (χ4n) is 0.592. The van der Waals surface area contributed by atoms with E-state index < -0.39 is 5.97 Å². The molecule has 1 aromatic rings. The molecule has 4 nitrogen and oxygen atoms in total. The summed E-state index contributed by atoms with van der Waals surface area (Å²) in [4.78, 5) is 11.0. The Bertz CT molecular complexity index is 228. The zero-order chi connectivity index (χ0) is 8.27. The zero-order valence-electron chi connectivity index (χ0n) is 6.40. The predicted octanol–water partition coefficient (Wildman–Crippen LogP) is 1.24. The van der Waals surface area contributed by atoms with Crippen LogP contribution in [0.15, 0.2) is 16.9 Å². The van der Waals surface area contributed by atoms with E-state index in [1.165, 1.54) is 12.3 Å². The van der Waals surface area contributed by atoms with Crippen molar-refractivity contribution in [2.75, 3.05) is 0 Å². The van der Waals surface area contributed by atoms with E-state index in [0.29, 0.717) is 0 Å². The zero-order valence-corrected chi connectivity index (χ0v) is 6.40. The molecule has 0 aliphatic heterocycles. The third-order valence-corrected chi connectivity index (χ3v) is 0.990. The normalized spacial score (nSPS) is 10.1. The number of ether oxygens (including phenoxy) is 1. The molecule has 0 aliphatic rings. The van der Waals surface area contributed by atoms with E-state index in [-0.39, 0.29) is 11.8 Å². The second kappa shape index (κ2) is 3.18. The Hall–Kier alpha value is -1.32. The maximum atomic E-state index is 11.0. The van der Waals surface area contributed by atoms with Gasteiger partial charge in [-0.3, -0.25) is 0 Å². The van der Waals surface area contributed by atoms with Gasteiger partial charge in [0.25, 0.3) is 0 Å². The number of rotatable bonds is 2. The van der Waals surface area contributed by atoms with Crippen LogP contribution < -0.4 is 0 Å². The molecule has 0 amide bonds. The maximum Gasteiger partial charge on any atom is 0.360 e. The lowest BCUT2D eigenvalue weighted by atomic mass is 10.4. The Labute approximate surface area is 64.1 Å². The standard InChI is InChI=1S/C7H9NO3/c1-5(2)11-7(9)6-3-4-10-8-6/h3-5H,1-2H3. The van der Waals surface area contributed by atoms with Crippen molar-refractivity contribution in [3.63, 3.8) is 0 Å². The number of esters is 1. The highest BCUT2D eigenvalue weighted by molar-refractivity contribution is 5.86. The van der Waals surface area contributed by atoms with E-state index in [2.05, 4.69) is 9.68 Å². The first-order chi connectivity index (χ1) is 5.20. The first-order valence-corrected chi connectivity index (χ1v) is 3.31. The molecule has 60 valence electrons. The molecule has 1 rings (SSSR count). The molecular weight excluding hydrogens is 146 g/mol. The third kappa shape index (κ3) is 2.07. The summed E-state index contributed by atoms with van der Waals surface area (Å²) in [6.07, 6.45) is 1.20. The van der Waals surface area contributed by atoms with Crippen LogP contribution in [0.3, 0.4) is 0 Å². The number of hydrogen-bond acceptors (Lipinski definition) is 4. The first-order valence-electron chi connectivity index (χ1n) is 3.31. The summed E-state index contributed by atoms with van der Waals surface area (Å²) >= 11 is 0. The van der Waals surface area contributed by atoms with Gasteiger partial charge in [0.2, 0.25) is 0 Å². The summed E-state index contributed by atoms with van der Waals surface area (Å²) in [5.74, 6) is -0.450. The molecule has 4 heteroatoms. The van der Waals surface area contributed by atoms with Gasteiger partial charge in [0.1, 0.15) is 6.26 Å². The van der Waals surface area contributed by atoms with Crippen LogP contribution in [-0.2, 0) is 4.74 Å². The lowest BCUT2D eigenvalue weighted by Gasteiger charge is -2.03. The molecule has 0 unspecified atom stereocenters. The van der Waals surface area contributed by atoms with Crippen molar-refractivity contribution in [2.45, 2.75) is 20.0 Å². The number of nitrogens with zero attached hydrogens (tertiary/aromatic N) is 1. The van der Waals surface area contributed by atoms with Crippen LogP contribution in [0.4, 0.5) is 0 Å². The summed E-state index contributed by atoms with van der Waals surface area (Å²) in [5, 5.41) is 3.42. The molecule has 0 saturated heterocycles. The minimum atomic E-state index is -0.450. The van der Waals surface area contributed by atoms with Gasteiger partial charge in [-0.2, -0.15) is 0 Å². The maximum absolute atomic E-state index is 11.0. The molecule has 0 fully saturated rings. The Morgan fingerprint density at radius 1 is 1.73 bits per heavy atom. The van der Waals surface area contributed by atoms with E-state index >= 15 is 0 Å². The van der Waals surface area contributed by atoms with Crippen LogP contribution in [-0.4, -0.2) is 17.2 Å². The summed E-state index contributed by atoms with van der Waals surface area (Å²) in [5.41, 5.74) is 0.207. The van der Waals surface area contributed by atoms with E-state index in [0.717, 1.165) is 0 Å². The third-order valence-electron chi connectivity index (χ3n) is 0.990. The van der Waals surface area contributed by atoms with Crippen molar-refractivity contribution in [2.24, 2.45) is 0 Å². The molecule has 0 atom stereocenters. The van der Waals surface area contributed by atoms with Gasteiger partial charge in [0.15, 0.2) is 5.69 Å². The lowest BCUT2D eigenvalue weighted by Crippen LogP contribution is -2.11. The van der Waals surface area contributed by atoms with Crippen molar-refractivity contribution in [3.8, 4) is 0 Å². The van der Waals surface area contributed by atoms with Gasteiger partial charge in [0.05, 0.1) is 6.10 Å². The van der Waals surface area contributed by atoms with E-state index in [9.17, 15) is 4.79 Å². The summed E-state index contributed by atoms with van der Waals surface area (Å²) in [7, 11) is 0. The summed E-state index contributed by atoms with van der Waals surface area (Å²) < 4.78 is 9.30. The van der Waals surface area contributed by atoms with Crippen LogP contribution in [0.5, 0.6) is 0 Å². The van der Waals surface area contributed by atoms with Crippen molar-refractivity contribution in [1.82, 2.24) is 5.16 Å². The minimum Gasteiger partial charge on any atom is -0.458 e. The molecule has 11 heavy (non-hydrogen) atoms. The highest BCUT2D eigenvalue weighted by Gasteiger charge is 2.11. The topological polar surface area (TPSA) is 52.3 Å². The summed E-state index contributed by atoms with van der Waals surface area (Å²) in [6, 6.07) is 1.46. The van der Waals surface area contributed by atoms with Crippen molar-refractivity contribution in [1.29, 1.82) is 0 Å². The monoisotopic (exact) mass is 155 g/mol. The van der Waals surface area contributed by atoms with Gasteiger partial charge in [-0.25, -0.2) is 4.79 Å². The van der Waals surface area contributed by atoms with Crippen molar-refractivity contribution >= 4 is 5.97 Å². The Balaban J connectivity index is 2.57. The van der Waals surface area contributed by atoms with Crippen LogP contribution in [0.1, 0.15) is 24.3 Å². The van der Waals surface area contributed by atoms with Gasteiger partial charge >= 0.3 is 5.97 Å². The number of aromatic nitrogens is 1. The predicted molar refractivity (Wildman–Crippen MR) is 37.1 cm³/mol. The van der Waals surface area contributed by atoms with Crippen LogP contribution in [0.2, 0.25) is 0 Å². The molecule has 0 saturated carbocycles. The lowest BCUT2D eigenvalue weighted by molar-refractivity contribution is 0.0366. The van der Waals surface area contributed by atoms with Gasteiger partial charge in [-0.05, 0) is 13.8 Å². The molecule has 0 aliphatic carbocycles. The fourth-order valence-corrected chi connectivity index (χ4v) is 0.592. The van der Waals surface area contributed by atoms with Crippen molar-refractivity contribution in [3.05, 3.63) is 18.0 Å². The first kappa shape index (κ1) is 7.78. The van der Waals surface area contributed by atoms with E-state index in [1.54, 1.807) is 13.8 Å². The highest BCUT2D eigenvalue weighted by atomic mass is 16.5. The Morgan fingerprint density at radius 3 is 2.91 bits per heavy atom. The molecule has 0 bridgehead atoms. The van der Waals surface area contributed by atoms with Crippen LogP contribution >= 0.6 is 0 Å². The number of carbonyl (C=O) groups excluding carboxylic acids is 1. The quantitative estimate of drug-likeness (QED) is 0.603. The molecule has 1 heterocycles. The average Bonchev–Trinajstić information content (AvgIpc) is 2.35. The number of hydrogen-bond donors (Lipinski definition) is 0. The number of carbonyl (C=O) groups is 1. The van der Waals surface area contributed by atoms with Gasteiger partial charge < -0.3 is 9.26 Å². The van der Waals surface area contributed by atoms with Crippen LogP contribution in [0, 0.1) is 0 Å². The minimum absolute atomic E-state index is 0.126. The second-order valence-electron chi connectivity index (χ2n) is 2.34.